The van der Waals surface area contributed by atoms with Gasteiger partial charge in [0.2, 0.25) is 0 Å². The normalized spacial score (nSPS) is 20.3. The zero-order valence-electron chi connectivity index (χ0n) is 8.76. The van der Waals surface area contributed by atoms with E-state index in [1.54, 1.807) is 0 Å². The Bertz CT molecular complexity index is 311. The first-order valence-electron chi connectivity index (χ1n) is 5.47. The van der Waals surface area contributed by atoms with E-state index in [0.717, 1.165) is 43.9 Å². The van der Waals surface area contributed by atoms with Gasteiger partial charge in [0.25, 0.3) is 0 Å². The molecule has 1 aromatic rings. The fourth-order valence-corrected chi connectivity index (χ4v) is 2.03. The maximum atomic E-state index is 9.07. The molecule has 1 unspecified atom stereocenters. The van der Waals surface area contributed by atoms with Gasteiger partial charge < -0.3 is 14.8 Å². The van der Waals surface area contributed by atoms with Crippen molar-refractivity contribution in [3.05, 3.63) is 11.6 Å². The summed E-state index contributed by atoms with van der Waals surface area (Å²) >= 11 is 0. The van der Waals surface area contributed by atoms with Crippen molar-refractivity contribution in [3.8, 4) is 0 Å². The molecule has 1 atom stereocenters. The fraction of sp³-hybridized carbons (Fsp3) is 0.800. The highest BCUT2D eigenvalue weighted by Crippen LogP contribution is 2.20. The third-order valence-electron chi connectivity index (χ3n) is 2.95. The summed E-state index contributed by atoms with van der Waals surface area (Å²) in [6.07, 6.45) is 3.34. The Morgan fingerprint density at radius 3 is 2.93 bits per heavy atom. The van der Waals surface area contributed by atoms with Gasteiger partial charge in [-0.15, -0.1) is 10.2 Å². The Balaban J connectivity index is 2.08. The third kappa shape index (κ3) is 2.18. The third-order valence-corrected chi connectivity index (χ3v) is 2.95. The van der Waals surface area contributed by atoms with Gasteiger partial charge in [-0.1, -0.05) is 0 Å². The van der Waals surface area contributed by atoms with Gasteiger partial charge in [0.05, 0.1) is 0 Å². The Kier molecular flexibility index (Phi) is 3.33. The van der Waals surface area contributed by atoms with Gasteiger partial charge in [0.1, 0.15) is 11.6 Å². The minimum Gasteiger partial charge on any atom is -0.396 e. The zero-order chi connectivity index (χ0) is 10.7. The van der Waals surface area contributed by atoms with Gasteiger partial charge >= 0.3 is 0 Å². The summed E-state index contributed by atoms with van der Waals surface area (Å²) in [6, 6.07) is 0. The number of fused-ring (bicyclic) bond motifs is 1. The second-order valence-corrected chi connectivity index (χ2v) is 4.05. The lowest BCUT2D eigenvalue weighted by Gasteiger charge is -2.21. The van der Waals surface area contributed by atoms with E-state index in [0.29, 0.717) is 5.92 Å². The van der Waals surface area contributed by atoms with Crippen LogP contribution in [0.2, 0.25) is 0 Å². The van der Waals surface area contributed by atoms with Crippen molar-refractivity contribution in [2.45, 2.75) is 32.2 Å². The number of rotatable bonds is 4. The molecule has 0 bridgehead atoms. The molecule has 2 rings (SSSR count). The number of aliphatic hydroxyl groups excluding tert-OH is 2. The topological polar surface area (TPSA) is 71.2 Å². The monoisotopic (exact) mass is 211 g/mol. The molecule has 5 heteroatoms. The van der Waals surface area contributed by atoms with Crippen molar-refractivity contribution < 1.29 is 10.2 Å². The molecule has 5 nitrogen and oxygen atoms in total. The molecule has 0 saturated carbocycles. The lowest BCUT2D eigenvalue weighted by molar-refractivity contribution is 0.198. The van der Waals surface area contributed by atoms with E-state index in [1.807, 2.05) is 0 Å². The summed E-state index contributed by atoms with van der Waals surface area (Å²) in [7, 11) is 0. The number of aryl methyl sites for hydroxylation is 1. The fourth-order valence-electron chi connectivity index (χ4n) is 2.03. The predicted octanol–water partition coefficient (Wildman–Crippen LogP) is -0.242. The molecule has 84 valence electrons. The molecule has 0 amide bonds. The minimum absolute atomic E-state index is 0.196. The van der Waals surface area contributed by atoms with E-state index in [2.05, 4.69) is 14.8 Å². The number of nitrogens with zero attached hydrogens (tertiary/aromatic N) is 3. The van der Waals surface area contributed by atoms with Crippen LogP contribution in [-0.2, 0) is 19.4 Å². The van der Waals surface area contributed by atoms with Gasteiger partial charge in [-0.2, -0.15) is 0 Å². The molecule has 1 aliphatic heterocycles. The van der Waals surface area contributed by atoms with Crippen LogP contribution in [0.25, 0.3) is 0 Å². The summed E-state index contributed by atoms with van der Waals surface area (Å²) in [5.41, 5.74) is 0. The molecule has 0 spiro atoms. The second kappa shape index (κ2) is 4.72. The summed E-state index contributed by atoms with van der Waals surface area (Å²) in [5.74, 6) is 2.29. The highest BCUT2D eigenvalue weighted by molar-refractivity contribution is 5.00. The molecule has 1 aliphatic rings. The number of aromatic nitrogens is 3. The SMILES string of the molecule is OCCCc1nnc2n1CCC(CO)C2. The number of aliphatic hydroxyl groups is 2. The quantitative estimate of drug-likeness (QED) is 0.721. The van der Waals surface area contributed by atoms with Crippen LogP contribution in [0.1, 0.15) is 24.5 Å². The highest BCUT2D eigenvalue weighted by atomic mass is 16.3. The molecule has 0 aliphatic carbocycles. The lowest BCUT2D eigenvalue weighted by atomic mass is 9.99. The second-order valence-electron chi connectivity index (χ2n) is 4.05. The molecule has 2 N–H and O–H groups in total. The van der Waals surface area contributed by atoms with Crippen LogP contribution >= 0.6 is 0 Å². The molecule has 1 aromatic heterocycles. The summed E-state index contributed by atoms with van der Waals surface area (Å²) < 4.78 is 2.13. The molecule has 0 fully saturated rings. The molecular formula is C10H17N3O2. The van der Waals surface area contributed by atoms with E-state index in [9.17, 15) is 0 Å². The smallest absolute Gasteiger partial charge is 0.133 e. The first kappa shape index (κ1) is 10.6. The largest absolute Gasteiger partial charge is 0.396 e. The van der Waals surface area contributed by atoms with Gasteiger partial charge in [-0.3, -0.25) is 0 Å². The van der Waals surface area contributed by atoms with E-state index >= 15 is 0 Å². The molecule has 2 heterocycles. The van der Waals surface area contributed by atoms with Gasteiger partial charge in [-0.25, -0.2) is 0 Å². The minimum atomic E-state index is 0.196. The number of hydrogen-bond donors (Lipinski definition) is 2. The van der Waals surface area contributed by atoms with Crippen molar-refractivity contribution in [1.82, 2.24) is 14.8 Å². The molecule has 15 heavy (non-hydrogen) atoms. The van der Waals surface area contributed by atoms with Gasteiger partial charge in [-0.05, 0) is 18.8 Å². The molecule has 0 radical (unpaired) electrons. The van der Waals surface area contributed by atoms with E-state index in [1.165, 1.54) is 0 Å². The summed E-state index contributed by atoms with van der Waals surface area (Å²) in [6.45, 7) is 1.33. The Labute approximate surface area is 88.8 Å². The average Bonchev–Trinajstić information content (AvgIpc) is 2.68. The molecule has 0 aromatic carbocycles. The van der Waals surface area contributed by atoms with Crippen molar-refractivity contribution >= 4 is 0 Å². The summed E-state index contributed by atoms with van der Waals surface area (Å²) in [5, 5.41) is 26.1. The van der Waals surface area contributed by atoms with Crippen LogP contribution in [0.15, 0.2) is 0 Å². The van der Waals surface area contributed by atoms with Crippen LogP contribution in [0.5, 0.6) is 0 Å². The van der Waals surface area contributed by atoms with E-state index in [-0.39, 0.29) is 13.2 Å². The van der Waals surface area contributed by atoms with Gasteiger partial charge in [0.15, 0.2) is 0 Å². The van der Waals surface area contributed by atoms with Crippen LogP contribution in [0.4, 0.5) is 0 Å². The van der Waals surface area contributed by atoms with Crippen molar-refractivity contribution in [2.24, 2.45) is 5.92 Å². The highest BCUT2D eigenvalue weighted by Gasteiger charge is 2.21. The maximum Gasteiger partial charge on any atom is 0.133 e. The van der Waals surface area contributed by atoms with Gasteiger partial charge in [0, 0.05) is 32.6 Å². The first-order valence-corrected chi connectivity index (χ1v) is 5.47. The molecular weight excluding hydrogens is 194 g/mol. The van der Waals surface area contributed by atoms with Crippen molar-refractivity contribution in [1.29, 1.82) is 0 Å². The van der Waals surface area contributed by atoms with Crippen molar-refractivity contribution in [3.63, 3.8) is 0 Å². The Morgan fingerprint density at radius 2 is 2.20 bits per heavy atom. The Morgan fingerprint density at radius 1 is 1.33 bits per heavy atom. The van der Waals surface area contributed by atoms with Crippen LogP contribution in [0.3, 0.4) is 0 Å². The van der Waals surface area contributed by atoms with E-state index < -0.39 is 0 Å². The zero-order valence-corrected chi connectivity index (χ0v) is 8.76. The number of hydrogen-bond acceptors (Lipinski definition) is 4. The van der Waals surface area contributed by atoms with Crippen LogP contribution in [0, 0.1) is 5.92 Å². The van der Waals surface area contributed by atoms with Crippen LogP contribution < -0.4 is 0 Å². The average molecular weight is 211 g/mol. The first-order chi connectivity index (χ1) is 7.35. The van der Waals surface area contributed by atoms with E-state index in [4.69, 9.17) is 10.2 Å². The maximum absolute atomic E-state index is 9.07. The van der Waals surface area contributed by atoms with Crippen LogP contribution in [-0.4, -0.2) is 38.2 Å². The summed E-state index contributed by atoms with van der Waals surface area (Å²) in [4.78, 5) is 0. The standard InChI is InChI=1S/C10H17N3O2/c14-5-1-2-9-11-12-10-6-8(7-15)3-4-13(9)10/h8,14-15H,1-7H2. The lowest BCUT2D eigenvalue weighted by Crippen LogP contribution is -2.23. The molecule has 0 saturated heterocycles. The predicted molar refractivity (Wildman–Crippen MR) is 54.3 cm³/mol. The van der Waals surface area contributed by atoms with Crippen molar-refractivity contribution in [2.75, 3.05) is 13.2 Å². The Hall–Kier alpha value is -0.940.